The van der Waals surface area contributed by atoms with E-state index in [-0.39, 0.29) is 17.9 Å². The maximum Gasteiger partial charge on any atom is 0.251 e. The molecule has 0 radical (unpaired) electrons. The molecule has 0 saturated carbocycles. The topological polar surface area (TPSA) is 77.2 Å². The van der Waals surface area contributed by atoms with E-state index >= 15 is 0 Å². The summed E-state index contributed by atoms with van der Waals surface area (Å²) in [6.07, 6.45) is 4.45. The molecular weight excluding hydrogens is 290 g/mol. The van der Waals surface area contributed by atoms with Crippen molar-refractivity contribution < 1.29 is 9.53 Å². The van der Waals surface area contributed by atoms with Crippen LogP contribution in [-0.4, -0.2) is 30.1 Å². The normalized spacial score (nSPS) is 20.4. The summed E-state index contributed by atoms with van der Waals surface area (Å²) in [7, 11) is 0. The summed E-state index contributed by atoms with van der Waals surface area (Å²) in [5, 5.41) is 3.10. The highest BCUT2D eigenvalue weighted by Crippen LogP contribution is 2.19. The van der Waals surface area contributed by atoms with E-state index in [9.17, 15) is 4.79 Å². The SMILES string of the molecule is NCc1cccc(C(=O)N[C@H]2COC[C@H]2Cc2ccncc2)c1. The minimum atomic E-state index is -0.0736. The molecule has 1 aromatic heterocycles. The quantitative estimate of drug-likeness (QED) is 0.878. The zero-order chi connectivity index (χ0) is 16.1. The highest BCUT2D eigenvalue weighted by molar-refractivity contribution is 5.94. The van der Waals surface area contributed by atoms with Crippen LogP contribution in [0.5, 0.6) is 0 Å². The van der Waals surface area contributed by atoms with Gasteiger partial charge in [-0.15, -0.1) is 0 Å². The van der Waals surface area contributed by atoms with Crippen molar-refractivity contribution in [3.05, 3.63) is 65.5 Å². The zero-order valence-corrected chi connectivity index (χ0v) is 12.9. The van der Waals surface area contributed by atoms with Crippen LogP contribution < -0.4 is 11.1 Å². The largest absolute Gasteiger partial charge is 0.379 e. The number of hydrogen-bond acceptors (Lipinski definition) is 4. The summed E-state index contributed by atoms with van der Waals surface area (Å²) in [5.41, 5.74) is 8.44. The van der Waals surface area contributed by atoms with Crippen LogP contribution in [0.4, 0.5) is 0 Å². The van der Waals surface area contributed by atoms with Crippen molar-refractivity contribution in [1.29, 1.82) is 0 Å². The summed E-state index contributed by atoms with van der Waals surface area (Å²) in [6.45, 7) is 1.65. The van der Waals surface area contributed by atoms with E-state index in [1.165, 1.54) is 5.56 Å². The molecule has 0 aliphatic carbocycles. The third-order valence-corrected chi connectivity index (χ3v) is 4.19. The molecule has 3 rings (SSSR count). The van der Waals surface area contributed by atoms with Gasteiger partial charge in [-0.1, -0.05) is 12.1 Å². The lowest BCUT2D eigenvalue weighted by atomic mass is 9.95. The number of rotatable bonds is 5. The van der Waals surface area contributed by atoms with Crippen LogP contribution in [-0.2, 0) is 17.7 Å². The summed E-state index contributed by atoms with van der Waals surface area (Å²) < 4.78 is 5.57. The molecule has 1 saturated heterocycles. The molecule has 1 amide bonds. The molecule has 1 aliphatic rings. The average molecular weight is 311 g/mol. The zero-order valence-electron chi connectivity index (χ0n) is 12.9. The third kappa shape index (κ3) is 3.94. The van der Waals surface area contributed by atoms with Crippen molar-refractivity contribution >= 4 is 5.91 Å². The lowest BCUT2D eigenvalue weighted by Gasteiger charge is -2.19. The smallest absolute Gasteiger partial charge is 0.251 e. The standard InChI is InChI=1S/C18H21N3O2/c19-10-14-2-1-3-15(9-14)18(22)21-17-12-23-11-16(17)8-13-4-6-20-7-5-13/h1-7,9,16-17H,8,10-12,19H2,(H,21,22)/t16-,17+/m1/s1. The highest BCUT2D eigenvalue weighted by atomic mass is 16.5. The Hall–Kier alpha value is -2.24. The van der Waals surface area contributed by atoms with Crippen molar-refractivity contribution in [2.75, 3.05) is 13.2 Å². The van der Waals surface area contributed by atoms with Gasteiger partial charge < -0.3 is 15.8 Å². The predicted molar refractivity (Wildman–Crippen MR) is 87.8 cm³/mol. The molecule has 23 heavy (non-hydrogen) atoms. The summed E-state index contributed by atoms with van der Waals surface area (Å²) >= 11 is 0. The molecule has 1 aliphatic heterocycles. The minimum Gasteiger partial charge on any atom is -0.379 e. The number of nitrogens with zero attached hydrogens (tertiary/aromatic N) is 1. The number of amides is 1. The van der Waals surface area contributed by atoms with Gasteiger partial charge in [-0.25, -0.2) is 0 Å². The first-order chi connectivity index (χ1) is 11.3. The Morgan fingerprint density at radius 2 is 2.04 bits per heavy atom. The number of hydrogen-bond donors (Lipinski definition) is 2. The van der Waals surface area contributed by atoms with Crippen LogP contribution in [0.1, 0.15) is 21.5 Å². The van der Waals surface area contributed by atoms with Gasteiger partial charge in [0.2, 0.25) is 0 Å². The molecule has 0 bridgehead atoms. The van der Waals surface area contributed by atoms with Gasteiger partial charge in [0.1, 0.15) is 0 Å². The third-order valence-electron chi connectivity index (χ3n) is 4.19. The fourth-order valence-electron chi connectivity index (χ4n) is 2.87. The number of carbonyl (C=O) groups excluding carboxylic acids is 1. The second-order valence-corrected chi connectivity index (χ2v) is 5.84. The molecule has 2 heterocycles. The van der Waals surface area contributed by atoms with Gasteiger partial charge in [0.25, 0.3) is 5.91 Å². The molecule has 5 heteroatoms. The summed E-state index contributed by atoms with van der Waals surface area (Å²) in [6, 6.07) is 11.4. The molecular formula is C18H21N3O2. The van der Waals surface area contributed by atoms with Crippen LogP contribution in [0.3, 0.4) is 0 Å². The summed E-state index contributed by atoms with van der Waals surface area (Å²) in [4.78, 5) is 16.5. The maximum atomic E-state index is 12.4. The second kappa shape index (κ2) is 7.35. The molecule has 1 aromatic carbocycles. The molecule has 2 aromatic rings. The number of nitrogens with two attached hydrogens (primary N) is 1. The Morgan fingerprint density at radius 1 is 1.22 bits per heavy atom. The van der Waals surface area contributed by atoms with Gasteiger partial charge in [0.05, 0.1) is 19.3 Å². The Morgan fingerprint density at radius 3 is 2.83 bits per heavy atom. The number of carbonyl (C=O) groups is 1. The predicted octanol–water partition coefficient (Wildman–Crippen LogP) is 1.53. The van der Waals surface area contributed by atoms with Crippen LogP contribution in [0, 0.1) is 5.92 Å². The number of ether oxygens (including phenoxy) is 1. The first-order valence-electron chi connectivity index (χ1n) is 7.83. The van der Waals surface area contributed by atoms with Crippen LogP contribution >= 0.6 is 0 Å². The highest BCUT2D eigenvalue weighted by Gasteiger charge is 2.29. The molecule has 0 spiro atoms. The van der Waals surface area contributed by atoms with E-state index in [1.807, 2.05) is 36.4 Å². The molecule has 5 nitrogen and oxygen atoms in total. The van der Waals surface area contributed by atoms with Gasteiger partial charge in [-0.05, 0) is 41.8 Å². The van der Waals surface area contributed by atoms with Gasteiger partial charge in [0, 0.05) is 30.4 Å². The molecule has 120 valence electrons. The van der Waals surface area contributed by atoms with Crippen molar-refractivity contribution in [3.63, 3.8) is 0 Å². The fourth-order valence-corrected chi connectivity index (χ4v) is 2.87. The van der Waals surface area contributed by atoms with Crippen LogP contribution in [0.15, 0.2) is 48.8 Å². The Balaban J connectivity index is 1.65. The van der Waals surface area contributed by atoms with Gasteiger partial charge >= 0.3 is 0 Å². The van der Waals surface area contributed by atoms with Crippen molar-refractivity contribution in [1.82, 2.24) is 10.3 Å². The number of aromatic nitrogens is 1. The second-order valence-electron chi connectivity index (χ2n) is 5.84. The van der Waals surface area contributed by atoms with Gasteiger partial charge in [-0.3, -0.25) is 9.78 Å². The first kappa shape index (κ1) is 15.6. The molecule has 0 unspecified atom stereocenters. The first-order valence-corrected chi connectivity index (χ1v) is 7.83. The van der Waals surface area contributed by atoms with Gasteiger partial charge in [0.15, 0.2) is 0 Å². The monoisotopic (exact) mass is 311 g/mol. The number of pyridine rings is 1. The molecule has 1 fully saturated rings. The van der Waals surface area contributed by atoms with E-state index in [1.54, 1.807) is 12.4 Å². The summed E-state index contributed by atoms with van der Waals surface area (Å²) in [5.74, 6) is 0.203. The van der Waals surface area contributed by atoms with Gasteiger partial charge in [-0.2, -0.15) is 0 Å². The maximum absolute atomic E-state index is 12.4. The van der Waals surface area contributed by atoms with Crippen molar-refractivity contribution in [2.45, 2.75) is 19.0 Å². The minimum absolute atomic E-state index is 0.0252. The average Bonchev–Trinajstić information content (AvgIpc) is 3.02. The lowest BCUT2D eigenvalue weighted by Crippen LogP contribution is -2.40. The number of nitrogens with one attached hydrogen (secondary N) is 1. The number of benzene rings is 1. The fraction of sp³-hybridized carbons (Fsp3) is 0.333. The Kier molecular flexibility index (Phi) is 5.00. The van der Waals surface area contributed by atoms with Crippen molar-refractivity contribution in [3.8, 4) is 0 Å². The Labute approximate surface area is 135 Å². The van der Waals surface area contributed by atoms with E-state index in [4.69, 9.17) is 10.5 Å². The van der Waals surface area contributed by atoms with Crippen molar-refractivity contribution in [2.24, 2.45) is 11.7 Å². The van der Waals surface area contributed by atoms with E-state index in [0.717, 1.165) is 12.0 Å². The molecule has 3 N–H and O–H groups in total. The van der Waals surface area contributed by atoms with E-state index in [0.29, 0.717) is 25.3 Å². The van der Waals surface area contributed by atoms with E-state index in [2.05, 4.69) is 10.3 Å². The molecule has 2 atom stereocenters. The lowest BCUT2D eigenvalue weighted by molar-refractivity contribution is 0.0925. The van der Waals surface area contributed by atoms with Crippen LogP contribution in [0.25, 0.3) is 0 Å². The van der Waals surface area contributed by atoms with Crippen LogP contribution in [0.2, 0.25) is 0 Å². The van der Waals surface area contributed by atoms with E-state index < -0.39 is 0 Å². The Bertz CT molecular complexity index is 660.